The first kappa shape index (κ1) is 102. The monoisotopic (exact) mass is 1550 g/mol. The highest BCUT2D eigenvalue weighted by Crippen LogP contribution is 2.45. The Labute approximate surface area is 654 Å². The third kappa shape index (κ3) is 78.5. The molecule has 19 heteroatoms. The fourth-order valence-corrected chi connectivity index (χ4v) is 12.1. The van der Waals surface area contributed by atoms with E-state index in [-0.39, 0.29) is 25.7 Å². The van der Waals surface area contributed by atoms with E-state index >= 15 is 0 Å². The lowest BCUT2D eigenvalue weighted by molar-refractivity contribution is -0.161. The number of allylic oxidation sites excluding steroid dienone is 28. The zero-order valence-electron chi connectivity index (χ0n) is 67.2. The van der Waals surface area contributed by atoms with Crippen LogP contribution in [-0.4, -0.2) is 96.7 Å². The quantitative estimate of drug-likeness (QED) is 0.0169. The molecule has 0 aromatic rings. The molecule has 0 aromatic heterocycles. The van der Waals surface area contributed by atoms with Crippen molar-refractivity contribution in [2.24, 2.45) is 0 Å². The number of hydrogen-bond acceptors (Lipinski definition) is 15. The molecule has 108 heavy (non-hydrogen) atoms. The Morgan fingerprint density at radius 2 is 0.454 bits per heavy atom. The first-order chi connectivity index (χ1) is 52.7. The van der Waals surface area contributed by atoms with Crippen LogP contribution in [0.4, 0.5) is 0 Å². The summed E-state index contributed by atoms with van der Waals surface area (Å²) < 4.78 is 68.7. The predicted octanol–water partition coefficient (Wildman–Crippen LogP) is 24.6. The van der Waals surface area contributed by atoms with Gasteiger partial charge in [-0.2, -0.15) is 0 Å². The Bertz CT molecular complexity index is 2710. The second-order valence-electron chi connectivity index (χ2n) is 26.9. The Balaban J connectivity index is 5.44. The van der Waals surface area contributed by atoms with Crippen molar-refractivity contribution < 1.29 is 80.2 Å². The molecule has 0 amide bonds. The van der Waals surface area contributed by atoms with Gasteiger partial charge >= 0.3 is 39.5 Å². The molecule has 17 nitrogen and oxygen atoms in total. The number of carbonyl (C=O) groups is 4. The van der Waals surface area contributed by atoms with E-state index in [0.29, 0.717) is 25.7 Å². The van der Waals surface area contributed by atoms with Crippen LogP contribution in [0.2, 0.25) is 0 Å². The van der Waals surface area contributed by atoms with Gasteiger partial charge in [0.05, 0.1) is 26.4 Å². The van der Waals surface area contributed by atoms with Gasteiger partial charge in [-0.1, -0.05) is 288 Å². The summed E-state index contributed by atoms with van der Waals surface area (Å²) in [6, 6.07) is 0. The van der Waals surface area contributed by atoms with Gasteiger partial charge in [-0.3, -0.25) is 37.3 Å². The van der Waals surface area contributed by atoms with Crippen molar-refractivity contribution in [2.75, 3.05) is 39.6 Å². The zero-order valence-corrected chi connectivity index (χ0v) is 69.0. The summed E-state index contributed by atoms with van der Waals surface area (Å²) in [5.41, 5.74) is 0. The minimum absolute atomic E-state index is 0.0573. The molecular formula is C89H146O17P2. The topological polar surface area (TPSA) is 237 Å². The van der Waals surface area contributed by atoms with Gasteiger partial charge in [-0.05, 0) is 167 Å². The number of esters is 4. The highest BCUT2D eigenvalue weighted by atomic mass is 31.2. The molecule has 0 aromatic carbocycles. The molecule has 0 spiro atoms. The van der Waals surface area contributed by atoms with E-state index in [0.717, 1.165) is 231 Å². The molecular weight excluding hydrogens is 1400 g/mol. The summed E-state index contributed by atoms with van der Waals surface area (Å²) >= 11 is 0. The second kappa shape index (κ2) is 79.5. The van der Waals surface area contributed by atoms with Crippen LogP contribution < -0.4 is 0 Å². The van der Waals surface area contributed by atoms with Crippen molar-refractivity contribution in [2.45, 2.75) is 329 Å². The van der Waals surface area contributed by atoms with Crippen LogP contribution in [0, 0.1) is 0 Å². The molecule has 614 valence electrons. The van der Waals surface area contributed by atoms with E-state index in [1.807, 2.05) is 0 Å². The maximum Gasteiger partial charge on any atom is 0.472 e. The number of aliphatic hydroxyl groups is 1. The molecule has 0 aliphatic carbocycles. The average Bonchev–Trinajstić information content (AvgIpc) is 0.906. The van der Waals surface area contributed by atoms with Gasteiger partial charge in [-0.25, -0.2) is 9.13 Å². The largest absolute Gasteiger partial charge is 0.472 e. The number of carbonyl (C=O) groups excluding carboxylic acids is 4. The average molecular weight is 1550 g/mol. The van der Waals surface area contributed by atoms with E-state index < -0.39 is 97.5 Å². The Morgan fingerprint density at radius 1 is 0.259 bits per heavy atom. The number of phosphoric ester groups is 2. The molecule has 0 aliphatic rings. The minimum Gasteiger partial charge on any atom is -0.462 e. The third-order valence-corrected chi connectivity index (χ3v) is 18.6. The molecule has 5 atom stereocenters. The molecule has 0 fully saturated rings. The lowest BCUT2D eigenvalue weighted by atomic mass is 10.1. The van der Waals surface area contributed by atoms with Gasteiger partial charge in [0, 0.05) is 25.7 Å². The molecule has 0 saturated carbocycles. The van der Waals surface area contributed by atoms with E-state index in [2.05, 4.69) is 198 Å². The lowest BCUT2D eigenvalue weighted by Gasteiger charge is -2.21. The molecule has 0 bridgehead atoms. The highest BCUT2D eigenvalue weighted by molar-refractivity contribution is 7.47. The van der Waals surface area contributed by atoms with Crippen molar-refractivity contribution in [3.8, 4) is 0 Å². The third-order valence-electron chi connectivity index (χ3n) is 16.7. The number of hydrogen-bond donors (Lipinski definition) is 3. The Morgan fingerprint density at radius 3 is 0.694 bits per heavy atom. The maximum absolute atomic E-state index is 13.1. The predicted molar refractivity (Wildman–Crippen MR) is 445 cm³/mol. The van der Waals surface area contributed by atoms with Crippen LogP contribution in [0.15, 0.2) is 170 Å². The number of aliphatic hydroxyl groups excluding tert-OH is 1. The first-order valence-corrected chi connectivity index (χ1v) is 44.4. The fourth-order valence-electron chi connectivity index (χ4n) is 10.5. The fraction of sp³-hybridized carbons (Fsp3) is 0.640. The van der Waals surface area contributed by atoms with Crippen LogP contribution in [-0.2, 0) is 65.4 Å². The number of phosphoric acid groups is 2. The van der Waals surface area contributed by atoms with E-state index in [4.69, 9.17) is 37.0 Å². The Hall–Kier alpha value is -5.58. The number of unbranched alkanes of at least 4 members (excludes halogenated alkanes) is 22. The molecule has 0 heterocycles. The molecule has 0 radical (unpaired) electrons. The standard InChI is InChI=1S/C89H146O17P2/c1-5-9-13-17-21-25-29-33-37-40-41-44-47-50-54-58-62-66-70-74-87(92)100-80-85(106-89(94)76-72-68-64-60-56-52-48-43-39-35-31-27-23-19-15-11-7-3)82-104-108(97,98)102-78-83(90)77-101-107(95,96)103-81-84(105-88(93)75-71-67-63-59-55-51-45-36-32-28-24-20-16-12-8-4)79-99-86(91)73-69-65-61-57-53-49-46-42-38-34-30-26-22-18-14-10-6-2/h9-16,21-28,33-39,41,44-45,48,52,83-85,90H,5-8,17-20,29-32,40,42-43,46-47,49-51,53-82H2,1-4H3,(H,95,96)(H,97,98)/b13-9-,14-10-,15-11-,16-12-,25-21-,26-22-,27-23-,28-24-,37-33-,38-34-,39-35-,44-41-,45-36-,52-48-. The number of rotatable bonds is 76. The molecule has 5 unspecified atom stereocenters. The summed E-state index contributed by atoms with van der Waals surface area (Å²) in [4.78, 5) is 73.2. The van der Waals surface area contributed by atoms with Crippen LogP contribution >= 0.6 is 15.6 Å². The van der Waals surface area contributed by atoms with Crippen LogP contribution in [0.1, 0.15) is 310 Å². The molecule has 3 N–H and O–H groups in total. The maximum atomic E-state index is 13.1. The first-order valence-electron chi connectivity index (χ1n) is 41.4. The van der Waals surface area contributed by atoms with Gasteiger partial charge in [0.2, 0.25) is 0 Å². The van der Waals surface area contributed by atoms with Crippen molar-refractivity contribution in [3.63, 3.8) is 0 Å². The summed E-state index contributed by atoms with van der Waals surface area (Å²) in [5.74, 6) is -2.25. The number of ether oxygens (including phenoxy) is 4. The van der Waals surface area contributed by atoms with Gasteiger partial charge in [0.25, 0.3) is 0 Å². The summed E-state index contributed by atoms with van der Waals surface area (Å²) in [6.45, 7) is 4.36. The van der Waals surface area contributed by atoms with Crippen molar-refractivity contribution in [1.82, 2.24) is 0 Å². The lowest BCUT2D eigenvalue weighted by Crippen LogP contribution is -2.30. The van der Waals surface area contributed by atoms with Crippen molar-refractivity contribution in [3.05, 3.63) is 170 Å². The molecule has 0 aliphatic heterocycles. The minimum atomic E-state index is -5.00. The van der Waals surface area contributed by atoms with Crippen molar-refractivity contribution >= 4 is 39.5 Å². The van der Waals surface area contributed by atoms with Crippen molar-refractivity contribution in [1.29, 1.82) is 0 Å². The summed E-state index contributed by atoms with van der Waals surface area (Å²) in [7, 11) is -10.00. The molecule has 0 saturated heterocycles. The van der Waals surface area contributed by atoms with Gasteiger partial charge in [-0.15, -0.1) is 0 Å². The molecule has 0 rings (SSSR count). The van der Waals surface area contributed by atoms with Crippen LogP contribution in [0.5, 0.6) is 0 Å². The summed E-state index contributed by atoms with van der Waals surface area (Å²) in [6.07, 6.45) is 94.6. The van der Waals surface area contributed by atoms with Crippen LogP contribution in [0.3, 0.4) is 0 Å². The SMILES string of the molecule is CC/C=C\C/C=C\C/C=C\C/C=C\CCCCCCCCC(=O)OCC(COP(=O)(O)OCC(O)COP(=O)(O)OCC(COC(=O)CCCCCCCCC/C=C\C/C=C\C/C=C\CC)OC(=O)CCCCCCC/C=C\C/C=C\C/C=C\CC)OC(=O)CCCCCC/C=C\C/C=C\C/C=C\C/C=C\CC. The smallest absolute Gasteiger partial charge is 0.462 e. The Kier molecular flexibility index (Phi) is 75.4. The van der Waals surface area contributed by atoms with Gasteiger partial charge < -0.3 is 33.8 Å². The second-order valence-corrected chi connectivity index (χ2v) is 29.8. The van der Waals surface area contributed by atoms with E-state index in [1.54, 1.807) is 0 Å². The van der Waals surface area contributed by atoms with E-state index in [9.17, 15) is 43.2 Å². The van der Waals surface area contributed by atoms with Gasteiger partial charge in [0.15, 0.2) is 12.2 Å². The van der Waals surface area contributed by atoms with Gasteiger partial charge in [0.1, 0.15) is 19.3 Å². The highest BCUT2D eigenvalue weighted by Gasteiger charge is 2.30. The normalized spacial score (nSPS) is 14.7. The summed E-state index contributed by atoms with van der Waals surface area (Å²) in [5, 5.41) is 10.7. The van der Waals surface area contributed by atoms with Crippen LogP contribution in [0.25, 0.3) is 0 Å². The van der Waals surface area contributed by atoms with E-state index in [1.165, 1.54) is 0 Å². The zero-order chi connectivity index (χ0) is 78.9.